The van der Waals surface area contributed by atoms with E-state index in [1.54, 1.807) is 12.1 Å². The standard InChI is InChI=1S/C19H14N2O/c22-16-11-12-18-17(13-16)20-19(14-7-3-1-4-8-14)21(18)15-9-5-2-6-10-15/h1-13,22H. The summed E-state index contributed by atoms with van der Waals surface area (Å²) in [4.78, 5) is 4.72. The van der Waals surface area contributed by atoms with Gasteiger partial charge in [0.15, 0.2) is 0 Å². The number of hydrogen-bond acceptors (Lipinski definition) is 2. The van der Waals surface area contributed by atoms with E-state index in [9.17, 15) is 5.11 Å². The minimum absolute atomic E-state index is 0.227. The van der Waals surface area contributed by atoms with E-state index in [-0.39, 0.29) is 5.75 Å². The van der Waals surface area contributed by atoms with Crippen LogP contribution in [0, 0.1) is 0 Å². The van der Waals surface area contributed by atoms with Gasteiger partial charge in [-0.05, 0) is 24.3 Å². The maximum absolute atomic E-state index is 9.72. The lowest BCUT2D eigenvalue weighted by Gasteiger charge is -2.09. The van der Waals surface area contributed by atoms with Crippen molar-refractivity contribution >= 4 is 11.0 Å². The van der Waals surface area contributed by atoms with Gasteiger partial charge in [-0.25, -0.2) is 4.98 Å². The topological polar surface area (TPSA) is 38.1 Å². The Bertz CT molecular complexity index is 928. The van der Waals surface area contributed by atoms with Crippen molar-refractivity contribution in [2.45, 2.75) is 0 Å². The van der Waals surface area contributed by atoms with E-state index in [4.69, 9.17) is 4.98 Å². The molecule has 3 nitrogen and oxygen atoms in total. The third-order valence-corrected chi connectivity index (χ3v) is 3.68. The molecule has 0 aliphatic rings. The van der Waals surface area contributed by atoms with E-state index in [0.29, 0.717) is 0 Å². The molecule has 0 saturated carbocycles. The Hall–Kier alpha value is -3.07. The molecular weight excluding hydrogens is 272 g/mol. The van der Waals surface area contributed by atoms with Gasteiger partial charge < -0.3 is 5.11 Å². The molecule has 0 saturated heterocycles. The fourth-order valence-electron chi connectivity index (χ4n) is 2.69. The van der Waals surface area contributed by atoms with Crippen LogP contribution in [0.5, 0.6) is 5.75 Å². The highest BCUT2D eigenvalue weighted by molar-refractivity contribution is 5.84. The number of benzene rings is 3. The third kappa shape index (κ3) is 2.04. The summed E-state index contributed by atoms with van der Waals surface area (Å²) in [6.07, 6.45) is 0. The highest BCUT2D eigenvalue weighted by Gasteiger charge is 2.14. The summed E-state index contributed by atoms with van der Waals surface area (Å²) in [5, 5.41) is 9.72. The molecule has 0 atom stereocenters. The van der Waals surface area contributed by atoms with Crippen LogP contribution in [0.2, 0.25) is 0 Å². The van der Waals surface area contributed by atoms with Crippen molar-refractivity contribution < 1.29 is 5.11 Å². The molecule has 0 fully saturated rings. The Kier molecular flexibility index (Phi) is 2.90. The number of rotatable bonds is 2. The second-order valence-electron chi connectivity index (χ2n) is 5.15. The van der Waals surface area contributed by atoms with Gasteiger partial charge in [-0.3, -0.25) is 4.57 Å². The molecule has 3 aromatic carbocycles. The molecule has 4 aromatic rings. The fraction of sp³-hybridized carbons (Fsp3) is 0. The highest BCUT2D eigenvalue weighted by atomic mass is 16.3. The second kappa shape index (κ2) is 5.04. The van der Waals surface area contributed by atoms with Crippen molar-refractivity contribution in [2.24, 2.45) is 0 Å². The van der Waals surface area contributed by atoms with Crippen molar-refractivity contribution in [1.29, 1.82) is 0 Å². The first-order chi connectivity index (χ1) is 10.8. The molecule has 1 aromatic heterocycles. The smallest absolute Gasteiger partial charge is 0.145 e. The third-order valence-electron chi connectivity index (χ3n) is 3.68. The van der Waals surface area contributed by atoms with Crippen LogP contribution >= 0.6 is 0 Å². The number of phenols is 1. The van der Waals surface area contributed by atoms with E-state index in [0.717, 1.165) is 28.1 Å². The first-order valence-electron chi connectivity index (χ1n) is 7.15. The molecule has 0 radical (unpaired) electrons. The molecule has 0 unspecified atom stereocenters. The van der Waals surface area contributed by atoms with E-state index in [2.05, 4.69) is 16.7 Å². The summed E-state index contributed by atoms with van der Waals surface area (Å²) in [6, 6.07) is 25.5. The lowest BCUT2D eigenvalue weighted by molar-refractivity contribution is 0.476. The summed E-state index contributed by atoms with van der Waals surface area (Å²) in [6.45, 7) is 0. The predicted molar refractivity (Wildman–Crippen MR) is 88.2 cm³/mol. The fourth-order valence-corrected chi connectivity index (χ4v) is 2.69. The number of aromatic nitrogens is 2. The Labute approximate surface area is 128 Å². The van der Waals surface area contributed by atoms with E-state index in [1.807, 2.05) is 54.6 Å². The van der Waals surface area contributed by atoms with Gasteiger partial charge in [0.25, 0.3) is 0 Å². The minimum atomic E-state index is 0.227. The van der Waals surface area contributed by atoms with Crippen LogP contribution in [-0.2, 0) is 0 Å². The molecule has 0 aliphatic heterocycles. The van der Waals surface area contributed by atoms with Gasteiger partial charge in [0.2, 0.25) is 0 Å². The SMILES string of the molecule is Oc1ccc2c(c1)nc(-c1ccccc1)n2-c1ccccc1. The van der Waals surface area contributed by atoms with Crippen molar-refractivity contribution in [3.8, 4) is 22.8 Å². The molecule has 3 heteroatoms. The lowest BCUT2D eigenvalue weighted by atomic mass is 10.2. The molecule has 4 rings (SSSR count). The number of fused-ring (bicyclic) bond motifs is 1. The van der Waals surface area contributed by atoms with E-state index in [1.165, 1.54) is 0 Å². The molecule has 0 amide bonds. The number of hydrogen-bond donors (Lipinski definition) is 1. The minimum Gasteiger partial charge on any atom is -0.508 e. The van der Waals surface area contributed by atoms with Gasteiger partial charge >= 0.3 is 0 Å². The van der Waals surface area contributed by atoms with Gasteiger partial charge in [-0.1, -0.05) is 48.5 Å². The largest absolute Gasteiger partial charge is 0.508 e. The quantitative estimate of drug-likeness (QED) is 0.593. The Balaban J connectivity index is 2.07. The zero-order chi connectivity index (χ0) is 14.9. The van der Waals surface area contributed by atoms with Crippen LogP contribution in [0.25, 0.3) is 28.1 Å². The van der Waals surface area contributed by atoms with Crippen molar-refractivity contribution in [3.05, 3.63) is 78.9 Å². The molecule has 0 bridgehead atoms. The van der Waals surface area contributed by atoms with Crippen molar-refractivity contribution in [3.63, 3.8) is 0 Å². The number of nitrogens with zero attached hydrogens (tertiary/aromatic N) is 2. The van der Waals surface area contributed by atoms with Crippen LogP contribution in [0.3, 0.4) is 0 Å². The van der Waals surface area contributed by atoms with Crippen molar-refractivity contribution in [2.75, 3.05) is 0 Å². The maximum Gasteiger partial charge on any atom is 0.145 e. The number of phenolic OH excluding ortho intramolecular Hbond substituents is 1. The summed E-state index contributed by atoms with van der Waals surface area (Å²) in [5.41, 5.74) is 3.85. The monoisotopic (exact) mass is 286 g/mol. The normalized spacial score (nSPS) is 10.9. The van der Waals surface area contributed by atoms with Gasteiger partial charge in [-0.15, -0.1) is 0 Å². The van der Waals surface area contributed by atoms with Crippen LogP contribution in [-0.4, -0.2) is 14.7 Å². The first kappa shape index (κ1) is 12.7. The van der Waals surface area contributed by atoms with Crippen LogP contribution in [0.4, 0.5) is 0 Å². The van der Waals surface area contributed by atoms with Crippen LogP contribution < -0.4 is 0 Å². The lowest BCUT2D eigenvalue weighted by Crippen LogP contribution is -1.96. The summed E-state index contributed by atoms with van der Waals surface area (Å²) < 4.78 is 2.12. The van der Waals surface area contributed by atoms with Gasteiger partial charge in [0.05, 0.1) is 11.0 Å². The molecule has 1 N–H and O–H groups in total. The molecule has 106 valence electrons. The second-order valence-corrected chi connectivity index (χ2v) is 5.15. The Morgan fingerprint density at radius 2 is 1.45 bits per heavy atom. The van der Waals surface area contributed by atoms with Gasteiger partial charge in [-0.2, -0.15) is 0 Å². The van der Waals surface area contributed by atoms with Crippen LogP contribution in [0.1, 0.15) is 0 Å². The summed E-state index contributed by atoms with van der Waals surface area (Å²) >= 11 is 0. The molecule has 0 aliphatic carbocycles. The van der Waals surface area contributed by atoms with E-state index < -0.39 is 0 Å². The molecule has 22 heavy (non-hydrogen) atoms. The van der Waals surface area contributed by atoms with Crippen LogP contribution in [0.15, 0.2) is 78.9 Å². The maximum atomic E-state index is 9.72. The molecule has 1 heterocycles. The summed E-state index contributed by atoms with van der Waals surface area (Å²) in [7, 11) is 0. The average molecular weight is 286 g/mol. The van der Waals surface area contributed by atoms with Gasteiger partial charge in [0.1, 0.15) is 11.6 Å². The number of imidazole rings is 1. The zero-order valence-corrected chi connectivity index (χ0v) is 11.8. The zero-order valence-electron chi connectivity index (χ0n) is 11.8. The Morgan fingerprint density at radius 3 is 2.18 bits per heavy atom. The first-order valence-corrected chi connectivity index (χ1v) is 7.15. The Morgan fingerprint density at radius 1 is 0.773 bits per heavy atom. The molecular formula is C19H14N2O. The summed E-state index contributed by atoms with van der Waals surface area (Å²) in [5.74, 6) is 1.09. The van der Waals surface area contributed by atoms with Crippen molar-refractivity contribution in [1.82, 2.24) is 9.55 Å². The number of aromatic hydroxyl groups is 1. The van der Waals surface area contributed by atoms with Gasteiger partial charge in [0, 0.05) is 17.3 Å². The number of para-hydroxylation sites is 1. The predicted octanol–water partition coefficient (Wildman–Crippen LogP) is 4.40. The van der Waals surface area contributed by atoms with E-state index >= 15 is 0 Å². The molecule has 0 spiro atoms. The average Bonchev–Trinajstić information content (AvgIpc) is 2.95. The highest BCUT2D eigenvalue weighted by Crippen LogP contribution is 2.30.